The Hall–Kier alpha value is -1.92. The van der Waals surface area contributed by atoms with Gasteiger partial charge in [-0.2, -0.15) is 0 Å². The first-order valence-electron chi connectivity index (χ1n) is 7.19. The molecule has 0 aliphatic heterocycles. The molecule has 0 spiro atoms. The van der Waals surface area contributed by atoms with Gasteiger partial charge in [0.2, 0.25) is 0 Å². The van der Waals surface area contributed by atoms with Gasteiger partial charge >= 0.3 is 11.8 Å². The summed E-state index contributed by atoms with van der Waals surface area (Å²) in [4.78, 5) is 23.2. The van der Waals surface area contributed by atoms with Gasteiger partial charge in [-0.05, 0) is 22.8 Å². The lowest BCUT2D eigenvalue weighted by Crippen LogP contribution is -2.42. The summed E-state index contributed by atoms with van der Waals surface area (Å²) < 4.78 is 1.08. The van der Waals surface area contributed by atoms with Gasteiger partial charge in [-0.25, -0.2) is 0 Å². The number of aliphatic hydroxyl groups excluding tert-OH is 1. The van der Waals surface area contributed by atoms with Gasteiger partial charge in [0.25, 0.3) is 0 Å². The van der Waals surface area contributed by atoms with E-state index in [9.17, 15) is 14.7 Å². The van der Waals surface area contributed by atoms with E-state index in [0.717, 1.165) is 15.6 Å². The highest BCUT2D eigenvalue weighted by atomic mass is 32.1. The lowest BCUT2D eigenvalue weighted by molar-refractivity contribution is -0.139. The number of aliphatic hydroxyl groups is 1. The fourth-order valence-corrected chi connectivity index (χ4v) is 3.02. The Morgan fingerprint density at radius 1 is 1.14 bits per heavy atom. The highest BCUT2D eigenvalue weighted by molar-refractivity contribution is 7.17. The van der Waals surface area contributed by atoms with E-state index in [1.54, 1.807) is 11.3 Å². The molecule has 22 heavy (non-hydrogen) atoms. The maximum Gasteiger partial charge on any atom is 0.309 e. The molecule has 0 radical (unpaired) electrons. The predicted molar refractivity (Wildman–Crippen MR) is 87.6 cm³/mol. The van der Waals surface area contributed by atoms with E-state index in [1.165, 1.54) is 0 Å². The van der Waals surface area contributed by atoms with E-state index < -0.39 is 17.9 Å². The third kappa shape index (κ3) is 4.05. The topological polar surface area (TPSA) is 78.4 Å². The predicted octanol–water partition coefficient (Wildman–Crippen LogP) is 1.82. The summed E-state index contributed by atoms with van der Waals surface area (Å²) in [6.07, 6.45) is -0.835. The van der Waals surface area contributed by atoms with Crippen LogP contribution < -0.4 is 10.6 Å². The van der Waals surface area contributed by atoms with Gasteiger partial charge < -0.3 is 15.7 Å². The summed E-state index contributed by atoms with van der Waals surface area (Å²) in [5.74, 6) is -1.12. The van der Waals surface area contributed by atoms with Gasteiger partial charge in [0.05, 0.1) is 6.10 Å². The third-order valence-corrected chi connectivity index (χ3v) is 4.18. The average Bonchev–Trinajstić information content (AvgIpc) is 2.93. The van der Waals surface area contributed by atoms with Gasteiger partial charge in [0.15, 0.2) is 0 Å². The molecule has 0 aliphatic carbocycles. The van der Waals surface area contributed by atoms with Crippen LogP contribution in [-0.2, 0) is 9.59 Å². The van der Waals surface area contributed by atoms with E-state index >= 15 is 0 Å². The van der Waals surface area contributed by atoms with Crippen LogP contribution in [0.3, 0.4) is 0 Å². The minimum absolute atomic E-state index is 0.00859. The average molecular weight is 320 g/mol. The zero-order chi connectivity index (χ0) is 16.1. The Bertz CT molecular complexity index is 666. The summed E-state index contributed by atoms with van der Waals surface area (Å²) in [6, 6.07) is 7.76. The molecule has 3 N–H and O–H groups in total. The number of rotatable bonds is 5. The van der Waals surface area contributed by atoms with Gasteiger partial charge in [-0.3, -0.25) is 9.59 Å². The molecular weight excluding hydrogens is 300 g/mol. The molecule has 1 atom stereocenters. The van der Waals surface area contributed by atoms with Crippen molar-refractivity contribution in [3.8, 4) is 0 Å². The third-order valence-electron chi connectivity index (χ3n) is 3.20. The van der Waals surface area contributed by atoms with Crippen molar-refractivity contribution in [3.63, 3.8) is 0 Å². The number of carbonyl (C=O) groups is 2. The van der Waals surface area contributed by atoms with Gasteiger partial charge in [-0.1, -0.05) is 32.0 Å². The van der Waals surface area contributed by atoms with Gasteiger partial charge in [0.1, 0.15) is 0 Å². The zero-order valence-corrected chi connectivity index (χ0v) is 13.4. The Morgan fingerprint density at radius 2 is 1.77 bits per heavy atom. The molecule has 2 rings (SSSR count). The lowest BCUT2D eigenvalue weighted by Gasteiger charge is -2.12. The highest BCUT2D eigenvalue weighted by Gasteiger charge is 2.17. The van der Waals surface area contributed by atoms with E-state index in [-0.39, 0.29) is 12.5 Å². The van der Waals surface area contributed by atoms with Crippen molar-refractivity contribution in [3.05, 3.63) is 35.2 Å². The normalized spacial score (nSPS) is 12.4. The van der Waals surface area contributed by atoms with Crippen LogP contribution in [0.2, 0.25) is 0 Å². The molecule has 0 bridgehead atoms. The fraction of sp³-hybridized carbons (Fsp3) is 0.375. The van der Waals surface area contributed by atoms with Crippen molar-refractivity contribution in [2.24, 2.45) is 5.92 Å². The summed E-state index contributed by atoms with van der Waals surface area (Å²) >= 11 is 1.54. The number of hydrogen-bond donors (Lipinski definition) is 3. The van der Waals surface area contributed by atoms with E-state index in [1.807, 2.05) is 43.5 Å². The standard InChI is InChI=1S/C16H20N2O3S/c1-10(2)7-17-15(20)16(21)18-8-13(19)12-9-22-14-6-4-3-5-11(12)14/h3-6,9-10,13,19H,7-8H2,1-2H3,(H,17,20)(H,18,21). The molecule has 118 valence electrons. The molecule has 0 saturated carbocycles. The Kier molecular flexibility index (Phi) is 5.51. The molecule has 1 unspecified atom stereocenters. The maximum atomic E-state index is 11.7. The van der Waals surface area contributed by atoms with E-state index in [0.29, 0.717) is 6.54 Å². The lowest BCUT2D eigenvalue weighted by atomic mass is 10.1. The number of nitrogens with one attached hydrogen (secondary N) is 2. The molecule has 1 aromatic carbocycles. The first-order valence-corrected chi connectivity index (χ1v) is 8.07. The molecule has 1 aromatic heterocycles. The van der Waals surface area contributed by atoms with Crippen LogP contribution in [0.4, 0.5) is 0 Å². The summed E-state index contributed by atoms with van der Waals surface area (Å²) in [5.41, 5.74) is 0.767. The minimum atomic E-state index is -0.835. The van der Waals surface area contributed by atoms with Crippen molar-refractivity contribution in [2.45, 2.75) is 20.0 Å². The van der Waals surface area contributed by atoms with Crippen LogP contribution in [0.5, 0.6) is 0 Å². The Labute approximate surface area is 133 Å². The molecule has 5 nitrogen and oxygen atoms in total. The van der Waals surface area contributed by atoms with Crippen LogP contribution in [-0.4, -0.2) is 30.0 Å². The first-order chi connectivity index (χ1) is 10.5. The molecule has 0 saturated heterocycles. The number of thiophene rings is 1. The van der Waals surface area contributed by atoms with Crippen molar-refractivity contribution in [1.82, 2.24) is 10.6 Å². The van der Waals surface area contributed by atoms with Crippen molar-refractivity contribution in [1.29, 1.82) is 0 Å². The second-order valence-corrected chi connectivity index (χ2v) is 6.43. The van der Waals surface area contributed by atoms with Crippen molar-refractivity contribution in [2.75, 3.05) is 13.1 Å². The Morgan fingerprint density at radius 3 is 2.45 bits per heavy atom. The number of benzene rings is 1. The van der Waals surface area contributed by atoms with Crippen LogP contribution in [0.25, 0.3) is 10.1 Å². The van der Waals surface area contributed by atoms with Crippen LogP contribution >= 0.6 is 11.3 Å². The second-order valence-electron chi connectivity index (χ2n) is 5.52. The first kappa shape index (κ1) is 16.5. The van der Waals surface area contributed by atoms with Crippen molar-refractivity contribution >= 4 is 33.2 Å². The molecular formula is C16H20N2O3S. The minimum Gasteiger partial charge on any atom is -0.387 e. The summed E-state index contributed by atoms with van der Waals surface area (Å²) in [7, 11) is 0. The van der Waals surface area contributed by atoms with E-state index in [2.05, 4.69) is 10.6 Å². The molecule has 1 heterocycles. The number of fused-ring (bicyclic) bond motifs is 1. The number of amides is 2. The van der Waals surface area contributed by atoms with E-state index in [4.69, 9.17) is 0 Å². The quantitative estimate of drug-likeness (QED) is 0.735. The van der Waals surface area contributed by atoms with Crippen LogP contribution in [0.15, 0.2) is 29.6 Å². The SMILES string of the molecule is CC(C)CNC(=O)C(=O)NCC(O)c1csc2ccccc12. The molecule has 2 aromatic rings. The number of carbonyl (C=O) groups excluding carboxylic acids is 2. The molecule has 2 amide bonds. The number of hydrogen-bond acceptors (Lipinski definition) is 4. The smallest absolute Gasteiger partial charge is 0.309 e. The fourth-order valence-electron chi connectivity index (χ4n) is 2.01. The monoisotopic (exact) mass is 320 g/mol. The summed E-state index contributed by atoms with van der Waals surface area (Å²) in [6.45, 7) is 4.35. The summed E-state index contributed by atoms with van der Waals surface area (Å²) in [5, 5.41) is 18.1. The Balaban J connectivity index is 1.91. The second kappa shape index (κ2) is 7.38. The molecule has 0 aliphatic rings. The van der Waals surface area contributed by atoms with Crippen molar-refractivity contribution < 1.29 is 14.7 Å². The van der Waals surface area contributed by atoms with Crippen LogP contribution in [0.1, 0.15) is 25.5 Å². The zero-order valence-electron chi connectivity index (χ0n) is 12.6. The largest absolute Gasteiger partial charge is 0.387 e. The molecule has 6 heteroatoms. The maximum absolute atomic E-state index is 11.7. The van der Waals surface area contributed by atoms with Crippen LogP contribution in [0, 0.1) is 5.92 Å². The highest BCUT2D eigenvalue weighted by Crippen LogP contribution is 2.29. The molecule has 0 fully saturated rings. The van der Waals surface area contributed by atoms with Gasteiger partial charge in [0, 0.05) is 23.4 Å². The van der Waals surface area contributed by atoms with Gasteiger partial charge in [-0.15, -0.1) is 11.3 Å².